The molecule has 0 spiro atoms. The highest BCUT2D eigenvalue weighted by atomic mass is 16.5. The van der Waals surface area contributed by atoms with Gasteiger partial charge in [-0.15, -0.1) is 0 Å². The van der Waals surface area contributed by atoms with Crippen LogP contribution in [0, 0.1) is 5.41 Å². The summed E-state index contributed by atoms with van der Waals surface area (Å²) in [5, 5.41) is 3.38. The second kappa shape index (κ2) is 5.48. The van der Waals surface area contributed by atoms with E-state index in [0.717, 1.165) is 25.8 Å². The van der Waals surface area contributed by atoms with E-state index in [1.165, 1.54) is 38.8 Å². The Balaban J connectivity index is 1.94. The van der Waals surface area contributed by atoms with E-state index in [2.05, 4.69) is 24.2 Å². The van der Waals surface area contributed by atoms with Gasteiger partial charge in [-0.3, -0.25) is 0 Å². The molecule has 94 valence electrons. The molecule has 1 N–H and O–H groups in total. The van der Waals surface area contributed by atoms with Crippen LogP contribution in [0.4, 0.5) is 0 Å². The van der Waals surface area contributed by atoms with Crippen LogP contribution in [0.3, 0.4) is 0 Å². The second-order valence-electron chi connectivity index (χ2n) is 5.44. The number of hydrogen-bond donors (Lipinski definition) is 1. The van der Waals surface area contributed by atoms with Crippen molar-refractivity contribution in [1.29, 1.82) is 0 Å². The van der Waals surface area contributed by atoms with E-state index < -0.39 is 0 Å². The predicted octanol–water partition coefficient (Wildman–Crippen LogP) is 1.49. The van der Waals surface area contributed by atoms with Crippen molar-refractivity contribution in [2.75, 3.05) is 39.9 Å². The SMILES string of the molecule is CCN(CC1(CNC)CCOCC1)C1CC1. The van der Waals surface area contributed by atoms with Gasteiger partial charge >= 0.3 is 0 Å². The lowest BCUT2D eigenvalue weighted by molar-refractivity contribution is -0.00413. The summed E-state index contributed by atoms with van der Waals surface area (Å²) in [7, 11) is 2.07. The molecule has 1 heterocycles. The number of nitrogens with zero attached hydrogens (tertiary/aromatic N) is 1. The van der Waals surface area contributed by atoms with Gasteiger partial charge in [0.1, 0.15) is 0 Å². The molecule has 2 fully saturated rings. The van der Waals surface area contributed by atoms with Crippen molar-refractivity contribution in [1.82, 2.24) is 10.2 Å². The van der Waals surface area contributed by atoms with Crippen LogP contribution in [0.1, 0.15) is 32.6 Å². The Bertz CT molecular complexity index is 204. The van der Waals surface area contributed by atoms with Gasteiger partial charge in [0.15, 0.2) is 0 Å². The maximum atomic E-state index is 5.52. The fraction of sp³-hybridized carbons (Fsp3) is 1.00. The fourth-order valence-electron chi connectivity index (χ4n) is 2.94. The van der Waals surface area contributed by atoms with Crippen LogP contribution in [-0.4, -0.2) is 50.8 Å². The molecule has 0 atom stereocenters. The summed E-state index contributed by atoms with van der Waals surface area (Å²) in [6, 6.07) is 0.890. The van der Waals surface area contributed by atoms with Crippen LogP contribution >= 0.6 is 0 Å². The van der Waals surface area contributed by atoms with Crippen LogP contribution in [0.15, 0.2) is 0 Å². The quantitative estimate of drug-likeness (QED) is 0.742. The van der Waals surface area contributed by atoms with Gasteiger partial charge in [0.25, 0.3) is 0 Å². The van der Waals surface area contributed by atoms with E-state index in [1.807, 2.05) is 0 Å². The Labute approximate surface area is 99.5 Å². The zero-order valence-corrected chi connectivity index (χ0v) is 10.8. The first-order valence-corrected chi connectivity index (χ1v) is 6.76. The van der Waals surface area contributed by atoms with E-state index in [-0.39, 0.29) is 0 Å². The van der Waals surface area contributed by atoms with Crippen molar-refractivity contribution in [2.45, 2.75) is 38.6 Å². The summed E-state index contributed by atoms with van der Waals surface area (Å²) in [5.74, 6) is 0. The first-order valence-electron chi connectivity index (χ1n) is 6.76. The highest BCUT2D eigenvalue weighted by Crippen LogP contribution is 2.35. The fourth-order valence-corrected chi connectivity index (χ4v) is 2.94. The second-order valence-corrected chi connectivity index (χ2v) is 5.44. The van der Waals surface area contributed by atoms with Crippen molar-refractivity contribution >= 4 is 0 Å². The molecule has 0 aromatic carbocycles. The average molecular weight is 226 g/mol. The van der Waals surface area contributed by atoms with Crippen molar-refractivity contribution < 1.29 is 4.74 Å². The Kier molecular flexibility index (Phi) is 4.22. The molecule has 0 amide bonds. The first-order chi connectivity index (χ1) is 7.79. The molecule has 1 saturated heterocycles. The molecule has 2 aliphatic rings. The van der Waals surface area contributed by atoms with Crippen LogP contribution in [0.25, 0.3) is 0 Å². The molecule has 0 bridgehead atoms. The third kappa shape index (κ3) is 2.96. The third-order valence-electron chi connectivity index (χ3n) is 4.11. The Morgan fingerprint density at radius 3 is 2.50 bits per heavy atom. The molecule has 1 aliphatic carbocycles. The molecule has 0 aromatic rings. The normalized spacial score (nSPS) is 24.9. The lowest BCUT2D eigenvalue weighted by Crippen LogP contribution is -2.47. The molecule has 16 heavy (non-hydrogen) atoms. The molecule has 0 aromatic heterocycles. The van der Waals surface area contributed by atoms with Crippen molar-refractivity contribution in [2.24, 2.45) is 5.41 Å². The summed E-state index contributed by atoms with van der Waals surface area (Å²) in [5.41, 5.74) is 0.464. The zero-order chi connectivity index (χ0) is 11.4. The lowest BCUT2D eigenvalue weighted by Gasteiger charge is -2.41. The van der Waals surface area contributed by atoms with Gasteiger partial charge < -0.3 is 15.0 Å². The maximum absolute atomic E-state index is 5.52. The Hall–Kier alpha value is -0.120. The summed E-state index contributed by atoms with van der Waals surface area (Å²) in [4.78, 5) is 2.68. The largest absolute Gasteiger partial charge is 0.381 e. The van der Waals surface area contributed by atoms with Crippen LogP contribution < -0.4 is 5.32 Å². The van der Waals surface area contributed by atoms with Crippen molar-refractivity contribution in [3.05, 3.63) is 0 Å². The van der Waals surface area contributed by atoms with Crippen LogP contribution in [0.2, 0.25) is 0 Å². The predicted molar refractivity (Wildman–Crippen MR) is 66.7 cm³/mol. The van der Waals surface area contributed by atoms with Crippen molar-refractivity contribution in [3.63, 3.8) is 0 Å². The highest BCUT2D eigenvalue weighted by Gasteiger charge is 2.37. The Morgan fingerprint density at radius 1 is 1.31 bits per heavy atom. The smallest absolute Gasteiger partial charge is 0.0472 e. The van der Waals surface area contributed by atoms with Gasteiger partial charge in [-0.2, -0.15) is 0 Å². The number of hydrogen-bond acceptors (Lipinski definition) is 3. The summed E-state index contributed by atoms with van der Waals surface area (Å²) < 4.78 is 5.52. The van der Waals surface area contributed by atoms with E-state index in [9.17, 15) is 0 Å². The van der Waals surface area contributed by atoms with Gasteiger partial charge in [0, 0.05) is 32.3 Å². The highest BCUT2D eigenvalue weighted by molar-refractivity contribution is 4.92. The minimum atomic E-state index is 0.464. The van der Waals surface area contributed by atoms with E-state index in [1.54, 1.807) is 0 Å². The molecule has 3 nitrogen and oxygen atoms in total. The van der Waals surface area contributed by atoms with E-state index in [4.69, 9.17) is 4.74 Å². The van der Waals surface area contributed by atoms with Crippen LogP contribution in [0.5, 0.6) is 0 Å². The minimum Gasteiger partial charge on any atom is -0.381 e. The monoisotopic (exact) mass is 226 g/mol. The van der Waals surface area contributed by atoms with E-state index in [0.29, 0.717) is 5.41 Å². The third-order valence-corrected chi connectivity index (χ3v) is 4.11. The standard InChI is InChI=1S/C13H26N2O/c1-3-15(12-4-5-12)11-13(10-14-2)6-8-16-9-7-13/h12,14H,3-11H2,1-2H3. The van der Waals surface area contributed by atoms with Gasteiger partial charge in [-0.05, 0) is 44.7 Å². The summed E-state index contributed by atoms with van der Waals surface area (Å²) >= 11 is 0. The molecule has 1 aliphatic heterocycles. The number of rotatable bonds is 6. The molecule has 2 rings (SSSR count). The summed E-state index contributed by atoms with van der Waals surface area (Å²) in [6.07, 6.45) is 5.27. The first kappa shape index (κ1) is 12.3. The molecule has 0 unspecified atom stereocenters. The van der Waals surface area contributed by atoms with Gasteiger partial charge in [0.05, 0.1) is 0 Å². The molecule has 1 saturated carbocycles. The minimum absolute atomic E-state index is 0.464. The summed E-state index contributed by atoms with van der Waals surface area (Å²) in [6.45, 7) is 7.80. The van der Waals surface area contributed by atoms with Gasteiger partial charge in [-0.25, -0.2) is 0 Å². The lowest BCUT2D eigenvalue weighted by atomic mass is 9.79. The maximum Gasteiger partial charge on any atom is 0.0472 e. The number of ether oxygens (including phenoxy) is 1. The molecule has 3 heteroatoms. The van der Waals surface area contributed by atoms with E-state index >= 15 is 0 Å². The molecule has 0 radical (unpaired) electrons. The topological polar surface area (TPSA) is 24.5 Å². The van der Waals surface area contributed by atoms with Crippen molar-refractivity contribution in [3.8, 4) is 0 Å². The zero-order valence-electron chi connectivity index (χ0n) is 10.8. The van der Waals surface area contributed by atoms with Crippen LogP contribution in [-0.2, 0) is 4.74 Å². The van der Waals surface area contributed by atoms with Gasteiger partial charge in [0.2, 0.25) is 0 Å². The van der Waals surface area contributed by atoms with Gasteiger partial charge in [-0.1, -0.05) is 6.92 Å². The average Bonchev–Trinajstić information content (AvgIpc) is 3.12. The molecular weight excluding hydrogens is 200 g/mol. The number of nitrogens with one attached hydrogen (secondary N) is 1. The molecular formula is C13H26N2O. The Morgan fingerprint density at radius 2 is 2.00 bits per heavy atom.